The number of likely N-dealkylation sites (tertiary alicyclic amines) is 1. The fraction of sp³-hybridized carbons (Fsp3) is 0.667. The first-order chi connectivity index (χ1) is 13.9. The minimum atomic E-state index is -3.46. The van der Waals surface area contributed by atoms with Gasteiger partial charge in [-0.2, -0.15) is 0 Å². The van der Waals surface area contributed by atoms with Crippen LogP contribution in [-0.4, -0.2) is 62.8 Å². The lowest BCUT2D eigenvalue weighted by Crippen LogP contribution is -2.43. The molecule has 1 amide bonds. The summed E-state index contributed by atoms with van der Waals surface area (Å²) in [6.45, 7) is 4.75. The monoisotopic (exact) mass is 425 g/mol. The van der Waals surface area contributed by atoms with Crippen LogP contribution < -0.4 is 5.32 Å². The highest BCUT2D eigenvalue weighted by Gasteiger charge is 2.31. The Kier molecular flexibility index (Phi) is 8.03. The molecule has 0 aromatic heterocycles. The number of nitrogens with one attached hydrogen (secondary N) is 1. The Balaban J connectivity index is 1.37. The maximum Gasteiger partial charge on any atom is 0.223 e. The number of hydrogen-bond acceptors (Lipinski definition) is 4. The SMILES string of the molecule is O=C(NCCCN1CCCCC1)C1CCN(S(=O)(=O)Cc2ccc(F)cc2)CC1. The van der Waals surface area contributed by atoms with Gasteiger partial charge < -0.3 is 10.2 Å². The van der Waals surface area contributed by atoms with Gasteiger partial charge in [-0.25, -0.2) is 17.1 Å². The molecule has 2 fully saturated rings. The molecule has 0 aliphatic carbocycles. The van der Waals surface area contributed by atoms with Crippen LogP contribution in [0.3, 0.4) is 0 Å². The lowest BCUT2D eigenvalue weighted by molar-refractivity contribution is -0.126. The number of benzene rings is 1. The standard InChI is InChI=1S/C21H32FN3O3S/c22-20-7-5-18(6-8-20)17-29(27,28)25-15-9-19(10-16-25)21(26)23-11-4-14-24-12-2-1-3-13-24/h5-8,19H,1-4,9-17H2,(H,23,26). The van der Waals surface area contributed by atoms with Gasteiger partial charge >= 0.3 is 0 Å². The van der Waals surface area contributed by atoms with Crippen LogP contribution in [0.1, 0.15) is 44.1 Å². The van der Waals surface area contributed by atoms with Gasteiger partial charge in [-0.05, 0) is 69.4 Å². The molecule has 2 aliphatic heterocycles. The second-order valence-electron chi connectivity index (χ2n) is 8.10. The molecule has 0 spiro atoms. The van der Waals surface area contributed by atoms with Gasteiger partial charge in [-0.15, -0.1) is 0 Å². The van der Waals surface area contributed by atoms with Gasteiger partial charge in [0.25, 0.3) is 0 Å². The normalized spacial score (nSPS) is 19.9. The van der Waals surface area contributed by atoms with Crippen molar-refractivity contribution < 1.29 is 17.6 Å². The zero-order valence-electron chi connectivity index (χ0n) is 17.0. The maximum atomic E-state index is 13.0. The van der Waals surface area contributed by atoms with E-state index < -0.39 is 10.0 Å². The quantitative estimate of drug-likeness (QED) is 0.649. The average molecular weight is 426 g/mol. The Morgan fingerprint density at radius 1 is 1.03 bits per heavy atom. The summed E-state index contributed by atoms with van der Waals surface area (Å²) in [6.07, 6.45) is 5.91. The number of rotatable bonds is 8. The molecule has 2 aliphatic rings. The van der Waals surface area contributed by atoms with Crippen molar-refractivity contribution in [2.75, 3.05) is 39.3 Å². The molecule has 29 heavy (non-hydrogen) atoms. The molecule has 2 heterocycles. The molecule has 8 heteroatoms. The molecule has 0 unspecified atom stereocenters. The van der Waals surface area contributed by atoms with E-state index in [9.17, 15) is 17.6 Å². The van der Waals surface area contributed by atoms with E-state index >= 15 is 0 Å². The Morgan fingerprint density at radius 2 is 1.69 bits per heavy atom. The first-order valence-electron chi connectivity index (χ1n) is 10.7. The summed E-state index contributed by atoms with van der Waals surface area (Å²) in [5, 5.41) is 3.02. The predicted octanol–water partition coefficient (Wildman–Crippen LogP) is 2.36. The van der Waals surface area contributed by atoms with E-state index in [1.807, 2.05) is 0 Å². The van der Waals surface area contributed by atoms with Crippen molar-refractivity contribution in [2.24, 2.45) is 5.92 Å². The van der Waals surface area contributed by atoms with Gasteiger partial charge in [-0.3, -0.25) is 4.79 Å². The van der Waals surface area contributed by atoms with E-state index in [2.05, 4.69) is 10.2 Å². The zero-order chi connectivity index (χ0) is 20.7. The maximum absolute atomic E-state index is 13.0. The number of halogens is 1. The van der Waals surface area contributed by atoms with E-state index in [0.717, 1.165) is 13.0 Å². The number of piperidine rings is 2. The molecule has 0 saturated carbocycles. The summed E-state index contributed by atoms with van der Waals surface area (Å²) in [6, 6.07) is 5.54. The van der Waals surface area contributed by atoms with E-state index in [-0.39, 0.29) is 23.4 Å². The van der Waals surface area contributed by atoms with Crippen molar-refractivity contribution in [3.63, 3.8) is 0 Å². The highest BCUT2D eigenvalue weighted by molar-refractivity contribution is 7.88. The van der Waals surface area contributed by atoms with Crippen LogP contribution in [0.2, 0.25) is 0 Å². The Morgan fingerprint density at radius 3 is 2.34 bits per heavy atom. The third-order valence-electron chi connectivity index (χ3n) is 5.88. The Hall–Kier alpha value is -1.51. The minimum absolute atomic E-state index is 0.0410. The van der Waals surface area contributed by atoms with Crippen LogP contribution >= 0.6 is 0 Å². The Labute approximate surface area is 173 Å². The van der Waals surface area contributed by atoms with Crippen molar-refractivity contribution in [1.82, 2.24) is 14.5 Å². The third kappa shape index (κ3) is 6.76. The van der Waals surface area contributed by atoms with Crippen molar-refractivity contribution in [3.8, 4) is 0 Å². The van der Waals surface area contributed by atoms with Crippen LogP contribution in [0.25, 0.3) is 0 Å². The molecular weight excluding hydrogens is 393 g/mol. The average Bonchev–Trinajstić information content (AvgIpc) is 2.73. The number of carbonyl (C=O) groups is 1. The molecule has 6 nitrogen and oxygen atoms in total. The smallest absolute Gasteiger partial charge is 0.223 e. The molecular formula is C21H32FN3O3S. The van der Waals surface area contributed by atoms with Gasteiger partial charge in [0.1, 0.15) is 5.82 Å². The van der Waals surface area contributed by atoms with E-state index in [1.54, 1.807) is 0 Å². The van der Waals surface area contributed by atoms with Crippen molar-refractivity contribution >= 4 is 15.9 Å². The highest BCUT2D eigenvalue weighted by Crippen LogP contribution is 2.22. The molecule has 0 atom stereocenters. The zero-order valence-corrected chi connectivity index (χ0v) is 17.8. The van der Waals surface area contributed by atoms with Gasteiger partial charge in [0.2, 0.25) is 15.9 Å². The van der Waals surface area contributed by atoms with Crippen molar-refractivity contribution in [3.05, 3.63) is 35.6 Å². The molecule has 1 aromatic carbocycles. The summed E-state index contributed by atoms with van der Waals surface area (Å²) in [7, 11) is -3.46. The lowest BCUT2D eigenvalue weighted by Gasteiger charge is -2.30. The van der Waals surface area contributed by atoms with Crippen molar-refractivity contribution in [1.29, 1.82) is 0 Å². The largest absolute Gasteiger partial charge is 0.356 e. The van der Waals surface area contributed by atoms with E-state index in [0.29, 0.717) is 38.0 Å². The summed E-state index contributed by atoms with van der Waals surface area (Å²) in [4.78, 5) is 14.9. The number of sulfonamides is 1. The molecule has 1 N–H and O–H groups in total. The molecule has 0 radical (unpaired) electrons. The van der Waals surface area contributed by atoms with Gasteiger partial charge in [0, 0.05) is 25.6 Å². The number of carbonyl (C=O) groups excluding carboxylic acids is 1. The summed E-state index contributed by atoms with van der Waals surface area (Å²) < 4.78 is 39.7. The minimum Gasteiger partial charge on any atom is -0.356 e. The first-order valence-corrected chi connectivity index (χ1v) is 12.3. The second-order valence-corrected chi connectivity index (χ2v) is 10.1. The number of nitrogens with zero attached hydrogens (tertiary/aromatic N) is 2. The van der Waals surface area contributed by atoms with E-state index in [1.165, 1.54) is 60.9 Å². The van der Waals surface area contributed by atoms with Crippen LogP contribution in [0.5, 0.6) is 0 Å². The van der Waals surface area contributed by atoms with Gasteiger partial charge in [0.15, 0.2) is 0 Å². The first kappa shape index (κ1) is 22.2. The van der Waals surface area contributed by atoms with Gasteiger partial charge in [-0.1, -0.05) is 18.6 Å². The second kappa shape index (κ2) is 10.5. The van der Waals surface area contributed by atoms with Crippen LogP contribution in [0.4, 0.5) is 4.39 Å². The van der Waals surface area contributed by atoms with Gasteiger partial charge in [0.05, 0.1) is 5.75 Å². The molecule has 162 valence electrons. The van der Waals surface area contributed by atoms with Crippen molar-refractivity contribution in [2.45, 2.75) is 44.3 Å². The fourth-order valence-corrected chi connectivity index (χ4v) is 5.68. The molecule has 2 saturated heterocycles. The highest BCUT2D eigenvalue weighted by atomic mass is 32.2. The molecule has 0 bridgehead atoms. The molecule has 3 rings (SSSR count). The van der Waals surface area contributed by atoms with Crippen LogP contribution in [0.15, 0.2) is 24.3 Å². The summed E-state index contributed by atoms with van der Waals surface area (Å²) in [5.41, 5.74) is 0.569. The van der Waals surface area contributed by atoms with E-state index in [4.69, 9.17) is 0 Å². The van der Waals surface area contributed by atoms with Crippen LogP contribution in [0, 0.1) is 11.7 Å². The number of amides is 1. The summed E-state index contributed by atoms with van der Waals surface area (Å²) >= 11 is 0. The molecule has 1 aromatic rings. The fourth-order valence-electron chi connectivity index (χ4n) is 4.12. The third-order valence-corrected chi connectivity index (χ3v) is 7.73. The number of hydrogen-bond donors (Lipinski definition) is 1. The topological polar surface area (TPSA) is 69.7 Å². The predicted molar refractivity (Wildman–Crippen MR) is 111 cm³/mol. The summed E-state index contributed by atoms with van der Waals surface area (Å²) in [5.74, 6) is -0.601. The Bertz CT molecular complexity index is 756. The van der Waals surface area contributed by atoms with Crippen LogP contribution in [-0.2, 0) is 20.6 Å². The lowest BCUT2D eigenvalue weighted by atomic mass is 9.97.